The first kappa shape index (κ1) is 18.9. The second-order valence-corrected chi connectivity index (χ2v) is 7.98. The zero-order valence-corrected chi connectivity index (χ0v) is 15.9. The third-order valence-electron chi connectivity index (χ3n) is 5.83. The molecule has 3 rings (SSSR count). The van der Waals surface area contributed by atoms with Gasteiger partial charge in [0.25, 0.3) is 5.91 Å². The largest absolute Gasteiger partial charge is 0.342 e. The Morgan fingerprint density at radius 2 is 2.08 bits per heavy atom. The number of carbonyl (C=O) groups excluding carboxylic acids is 2. The fourth-order valence-corrected chi connectivity index (χ4v) is 4.33. The van der Waals surface area contributed by atoms with Crippen LogP contribution in [-0.2, 0) is 4.79 Å². The summed E-state index contributed by atoms with van der Waals surface area (Å²) in [5, 5.41) is 0. The molecule has 1 atom stereocenters. The van der Waals surface area contributed by atoms with Crippen molar-refractivity contribution in [3.8, 4) is 0 Å². The zero-order valence-electron chi connectivity index (χ0n) is 15.9. The van der Waals surface area contributed by atoms with E-state index in [4.69, 9.17) is 0 Å². The first-order valence-corrected chi connectivity index (χ1v) is 9.77. The van der Waals surface area contributed by atoms with Crippen molar-refractivity contribution in [2.24, 2.45) is 5.41 Å². The second-order valence-electron chi connectivity index (χ2n) is 7.98. The quantitative estimate of drug-likeness (QED) is 0.820. The molecule has 2 fully saturated rings. The van der Waals surface area contributed by atoms with Gasteiger partial charge in [-0.2, -0.15) is 0 Å². The summed E-state index contributed by atoms with van der Waals surface area (Å²) >= 11 is 0. The van der Waals surface area contributed by atoms with E-state index in [2.05, 4.69) is 6.92 Å². The Morgan fingerprint density at radius 3 is 2.81 bits per heavy atom. The number of aryl methyl sites for hydroxylation is 1. The number of carbonyl (C=O) groups is 2. The van der Waals surface area contributed by atoms with E-state index in [1.165, 1.54) is 6.07 Å². The number of amides is 2. The van der Waals surface area contributed by atoms with Crippen LogP contribution in [0, 0.1) is 18.2 Å². The van der Waals surface area contributed by atoms with Crippen molar-refractivity contribution in [2.45, 2.75) is 52.4 Å². The van der Waals surface area contributed by atoms with Gasteiger partial charge in [-0.05, 0) is 50.3 Å². The SMILES string of the molecule is CCCCN1CC2(CCCN(C(=O)c3ccc(C)cc3F)C2)CCC1=O. The van der Waals surface area contributed by atoms with E-state index >= 15 is 0 Å². The number of piperidine rings is 2. The van der Waals surface area contributed by atoms with Crippen LogP contribution in [0.3, 0.4) is 0 Å². The molecule has 0 bridgehead atoms. The van der Waals surface area contributed by atoms with Crippen LogP contribution in [0.5, 0.6) is 0 Å². The van der Waals surface area contributed by atoms with Crippen LogP contribution in [-0.4, -0.2) is 47.8 Å². The maximum atomic E-state index is 14.2. The Labute approximate surface area is 155 Å². The molecule has 2 amide bonds. The Kier molecular flexibility index (Phi) is 5.64. The average molecular weight is 360 g/mol. The second kappa shape index (κ2) is 7.77. The van der Waals surface area contributed by atoms with Crippen molar-refractivity contribution in [1.82, 2.24) is 9.80 Å². The van der Waals surface area contributed by atoms with Crippen LogP contribution in [0.4, 0.5) is 4.39 Å². The third-order valence-corrected chi connectivity index (χ3v) is 5.83. The summed E-state index contributed by atoms with van der Waals surface area (Å²) in [4.78, 5) is 28.9. The fraction of sp³-hybridized carbons (Fsp3) is 0.619. The molecule has 0 aromatic heterocycles. The smallest absolute Gasteiger partial charge is 0.256 e. The number of hydrogen-bond acceptors (Lipinski definition) is 2. The molecule has 0 N–H and O–H groups in total. The van der Waals surface area contributed by atoms with E-state index in [0.717, 1.165) is 50.8 Å². The topological polar surface area (TPSA) is 40.6 Å². The summed E-state index contributed by atoms with van der Waals surface area (Å²) < 4.78 is 14.2. The number of halogens is 1. The van der Waals surface area contributed by atoms with E-state index in [9.17, 15) is 14.0 Å². The van der Waals surface area contributed by atoms with E-state index in [0.29, 0.717) is 19.5 Å². The van der Waals surface area contributed by atoms with Crippen LogP contribution in [0.25, 0.3) is 0 Å². The van der Waals surface area contributed by atoms with Gasteiger partial charge in [0.05, 0.1) is 5.56 Å². The van der Waals surface area contributed by atoms with Gasteiger partial charge >= 0.3 is 0 Å². The van der Waals surface area contributed by atoms with Gasteiger partial charge in [-0.15, -0.1) is 0 Å². The molecule has 0 radical (unpaired) electrons. The lowest BCUT2D eigenvalue weighted by Gasteiger charge is -2.48. The van der Waals surface area contributed by atoms with Crippen LogP contribution in [0.2, 0.25) is 0 Å². The lowest BCUT2D eigenvalue weighted by molar-refractivity contribution is -0.139. The summed E-state index contributed by atoms with van der Waals surface area (Å²) in [7, 11) is 0. The third kappa shape index (κ3) is 3.92. The number of benzene rings is 1. The zero-order chi connectivity index (χ0) is 18.7. The van der Waals surface area contributed by atoms with Gasteiger partial charge in [0.15, 0.2) is 0 Å². The molecule has 2 aliphatic rings. The van der Waals surface area contributed by atoms with Gasteiger partial charge < -0.3 is 9.80 Å². The summed E-state index contributed by atoms with van der Waals surface area (Å²) in [6, 6.07) is 4.78. The predicted molar refractivity (Wildman–Crippen MR) is 99.4 cm³/mol. The molecule has 0 saturated carbocycles. The van der Waals surface area contributed by atoms with Gasteiger partial charge in [-0.3, -0.25) is 9.59 Å². The fourth-order valence-electron chi connectivity index (χ4n) is 4.33. The summed E-state index contributed by atoms with van der Waals surface area (Å²) in [5.74, 6) is -0.436. The molecule has 1 spiro atoms. The van der Waals surface area contributed by atoms with E-state index in [-0.39, 0.29) is 22.8 Å². The molecular formula is C21H29FN2O2. The van der Waals surface area contributed by atoms with E-state index in [1.807, 2.05) is 11.8 Å². The van der Waals surface area contributed by atoms with Crippen LogP contribution in [0.15, 0.2) is 18.2 Å². The lowest BCUT2D eigenvalue weighted by Crippen LogP contribution is -2.55. The van der Waals surface area contributed by atoms with Crippen LogP contribution in [0.1, 0.15) is 61.4 Å². The Hall–Kier alpha value is -1.91. The lowest BCUT2D eigenvalue weighted by atomic mass is 9.73. The minimum absolute atomic E-state index is 0.0310. The van der Waals surface area contributed by atoms with Crippen molar-refractivity contribution in [3.63, 3.8) is 0 Å². The van der Waals surface area contributed by atoms with Crippen molar-refractivity contribution in [1.29, 1.82) is 0 Å². The van der Waals surface area contributed by atoms with Gasteiger partial charge in [-0.25, -0.2) is 4.39 Å². The van der Waals surface area contributed by atoms with Crippen LogP contribution >= 0.6 is 0 Å². The molecular weight excluding hydrogens is 331 g/mol. The van der Waals surface area contributed by atoms with Crippen molar-refractivity contribution in [2.75, 3.05) is 26.2 Å². The minimum atomic E-state index is -0.446. The maximum Gasteiger partial charge on any atom is 0.256 e. The Balaban J connectivity index is 1.74. The number of nitrogens with zero attached hydrogens (tertiary/aromatic N) is 2. The van der Waals surface area contributed by atoms with Crippen molar-refractivity contribution >= 4 is 11.8 Å². The molecule has 2 aliphatic heterocycles. The van der Waals surface area contributed by atoms with Crippen molar-refractivity contribution in [3.05, 3.63) is 35.1 Å². The Bertz CT molecular complexity index is 691. The van der Waals surface area contributed by atoms with E-state index < -0.39 is 5.82 Å². The molecule has 1 unspecified atom stereocenters. The molecule has 142 valence electrons. The molecule has 1 aromatic carbocycles. The highest BCUT2D eigenvalue weighted by Crippen LogP contribution is 2.39. The standard InChI is InChI=1S/C21H29FN2O2/c1-3-4-11-23-14-21(10-8-19(23)25)9-5-12-24(15-21)20(26)17-7-6-16(2)13-18(17)22/h6-7,13H,3-5,8-12,14-15H2,1-2H3. The molecule has 5 heteroatoms. The summed E-state index contributed by atoms with van der Waals surface area (Å²) in [6.45, 7) is 6.76. The minimum Gasteiger partial charge on any atom is -0.342 e. The first-order valence-electron chi connectivity index (χ1n) is 9.77. The monoisotopic (exact) mass is 360 g/mol. The predicted octanol–water partition coefficient (Wildman–Crippen LogP) is 3.78. The van der Waals surface area contributed by atoms with Gasteiger partial charge in [-0.1, -0.05) is 19.4 Å². The molecule has 4 nitrogen and oxygen atoms in total. The van der Waals surface area contributed by atoms with Crippen molar-refractivity contribution < 1.29 is 14.0 Å². The number of rotatable bonds is 4. The maximum absolute atomic E-state index is 14.2. The molecule has 2 saturated heterocycles. The molecule has 2 heterocycles. The van der Waals surface area contributed by atoms with Gasteiger partial charge in [0.1, 0.15) is 5.82 Å². The number of hydrogen-bond donors (Lipinski definition) is 0. The van der Waals surface area contributed by atoms with Crippen LogP contribution < -0.4 is 0 Å². The Morgan fingerprint density at radius 1 is 1.27 bits per heavy atom. The average Bonchev–Trinajstić information content (AvgIpc) is 2.62. The van der Waals surface area contributed by atoms with Gasteiger partial charge in [0, 0.05) is 38.0 Å². The highest BCUT2D eigenvalue weighted by Gasteiger charge is 2.42. The highest BCUT2D eigenvalue weighted by molar-refractivity contribution is 5.94. The normalized spacial score (nSPS) is 23.6. The van der Waals surface area contributed by atoms with E-state index in [1.54, 1.807) is 17.0 Å². The number of likely N-dealkylation sites (tertiary alicyclic amines) is 2. The molecule has 26 heavy (non-hydrogen) atoms. The first-order chi connectivity index (χ1) is 12.4. The summed E-state index contributed by atoms with van der Waals surface area (Å²) in [6.07, 6.45) is 5.41. The summed E-state index contributed by atoms with van der Waals surface area (Å²) in [5.41, 5.74) is 0.936. The molecule has 0 aliphatic carbocycles. The number of unbranched alkanes of at least 4 members (excludes halogenated alkanes) is 1. The van der Waals surface area contributed by atoms with Gasteiger partial charge in [0.2, 0.25) is 5.91 Å². The molecule has 1 aromatic rings. The highest BCUT2D eigenvalue weighted by atomic mass is 19.1.